The zero-order chi connectivity index (χ0) is 28.2. The van der Waals surface area contributed by atoms with Gasteiger partial charge in [-0.2, -0.15) is 0 Å². The Morgan fingerprint density at radius 3 is 1.71 bits per heavy atom. The molecule has 6 rings (SSSR count). The van der Waals surface area contributed by atoms with Crippen LogP contribution >= 0.6 is 0 Å². The molecule has 42 heavy (non-hydrogen) atoms. The number of hydrogen-bond donors (Lipinski definition) is 0. The van der Waals surface area contributed by atoms with E-state index in [1.165, 1.54) is 93.4 Å². The van der Waals surface area contributed by atoms with Gasteiger partial charge in [0.25, 0.3) is 0 Å². The monoisotopic (exact) mass is 665 g/mol. The SMILES string of the molecule is CC(C)(C)c1cc2c(c(C3=CC=CC3)c1=C(c1ccccc1)c1ccccc1)[C]([Zr+2])=c1c(C(C)(C)C)cccc1=2.[Cl-].[Cl-]. The van der Waals surface area contributed by atoms with E-state index in [1.807, 2.05) is 0 Å². The Bertz CT molecular complexity index is 1880. The van der Waals surface area contributed by atoms with Crippen LogP contribution in [0.1, 0.15) is 81.3 Å². The van der Waals surface area contributed by atoms with Crippen molar-refractivity contribution in [2.45, 2.75) is 58.8 Å². The fourth-order valence-electron chi connectivity index (χ4n) is 6.42. The van der Waals surface area contributed by atoms with Crippen LogP contribution in [0.2, 0.25) is 0 Å². The first kappa shape index (κ1) is 32.5. The Labute approximate surface area is 278 Å². The van der Waals surface area contributed by atoms with E-state index in [0.717, 1.165) is 6.42 Å². The van der Waals surface area contributed by atoms with E-state index in [4.69, 9.17) is 0 Å². The second kappa shape index (κ2) is 12.3. The molecule has 0 amide bonds. The Kier molecular flexibility index (Phi) is 9.50. The molecule has 0 aromatic heterocycles. The van der Waals surface area contributed by atoms with E-state index < -0.39 is 0 Å². The second-order valence-corrected chi connectivity index (χ2v) is 14.4. The van der Waals surface area contributed by atoms with Gasteiger partial charge < -0.3 is 24.8 Å². The van der Waals surface area contributed by atoms with Crippen molar-refractivity contribution in [3.63, 3.8) is 0 Å². The van der Waals surface area contributed by atoms with Crippen LogP contribution in [0.3, 0.4) is 0 Å². The largest absolute Gasteiger partial charge is 1.00 e. The number of rotatable bonds is 3. The fourth-order valence-corrected chi connectivity index (χ4v) is 7.72. The summed E-state index contributed by atoms with van der Waals surface area (Å²) in [5, 5.41) is 5.67. The predicted molar refractivity (Wildman–Crippen MR) is 166 cm³/mol. The maximum atomic E-state index is 2.55. The van der Waals surface area contributed by atoms with Gasteiger partial charge in [0.15, 0.2) is 0 Å². The third-order valence-electron chi connectivity index (χ3n) is 8.27. The van der Waals surface area contributed by atoms with E-state index in [1.54, 1.807) is 0 Å². The van der Waals surface area contributed by atoms with E-state index in [-0.39, 0.29) is 35.6 Å². The Balaban J connectivity index is 0.00000202. The molecule has 0 N–H and O–H groups in total. The molecule has 0 aliphatic heterocycles. The molecular formula is C39H37Cl2Zr. The van der Waals surface area contributed by atoms with Gasteiger partial charge in [-0.3, -0.25) is 0 Å². The first-order chi connectivity index (χ1) is 19.1. The molecular weight excluding hydrogens is 631 g/mol. The maximum Gasteiger partial charge on any atom is -1.00 e. The van der Waals surface area contributed by atoms with Crippen molar-refractivity contribution >= 4 is 14.4 Å². The van der Waals surface area contributed by atoms with Gasteiger partial charge in [-0.15, -0.1) is 0 Å². The third-order valence-corrected chi connectivity index (χ3v) is 9.49. The minimum absolute atomic E-state index is 0. The zero-order valence-electron chi connectivity index (χ0n) is 25.3. The summed E-state index contributed by atoms with van der Waals surface area (Å²) < 4.78 is 1.49. The van der Waals surface area contributed by atoms with Crippen molar-refractivity contribution in [2.24, 2.45) is 0 Å². The number of benzene rings is 4. The molecule has 0 unspecified atom stereocenters. The number of fused-ring (bicyclic) bond motifs is 2. The van der Waals surface area contributed by atoms with Gasteiger partial charge in [0.1, 0.15) is 0 Å². The van der Waals surface area contributed by atoms with Crippen molar-refractivity contribution in [3.8, 4) is 0 Å². The molecule has 0 fully saturated rings. The third kappa shape index (κ3) is 5.62. The smallest absolute Gasteiger partial charge is 1.00 e. The summed E-state index contributed by atoms with van der Waals surface area (Å²) in [6, 6.07) is 31.6. The molecule has 2 aliphatic carbocycles. The standard InChI is InChI=1S/C39H37.2ClH.Zr/c1-38(2,3)33-23-15-22-29-30-25-34(39(4,5)6)37(36(28-20-13-14-21-28)32(30)24-31(29)33)35(26-16-9-7-10-17-26)27-18-11-8-12-19-27;;;/h7-20,22-23,25H,21H2,1-6H3;2*1H;/q;;;+2/p-2. The van der Waals surface area contributed by atoms with Gasteiger partial charge >= 0.3 is 255 Å². The predicted octanol–water partition coefficient (Wildman–Crippen LogP) is 2.18. The molecule has 0 heterocycles. The molecule has 0 saturated heterocycles. The Morgan fingerprint density at radius 1 is 0.643 bits per heavy atom. The topological polar surface area (TPSA) is 0 Å². The summed E-state index contributed by atoms with van der Waals surface area (Å²) in [5.74, 6) is 0. The first-order valence-corrected chi connectivity index (χ1v) is 15.6. The van der Waals surface area contributed by atoms with Gasteiger partial charge in [-0.25, -0.2) is 0 Å². The summed E-state index contributed by atoms with van der Waals surface area (Å²) in [4.78, 5) is 0. The summed E-state index contributed by atoms with van der Waals surface area (Å²) in [7, 11) is 0. The van der Waals surface area contributed by atoms with Crippen molar-refractivity contribution < 1.29 is 49.5 Å². The fraction of sp³-hybridized carbons (Fsp3) is 0.231. The molecule has 0 atom stereocenters. The number of halogens is 2. The van der Waals surface area contributed by atoms with Gasteiger partial charge in [0, 0.05) is 0 Å². The molecule has 0 radical (unpaired) electrons. The molecule has 211 valence electrons. The first-order valence-electron chi connectivity index (χ1n) is 14.4. The minimum atomic E-state index is -0.0494. The van der Waals surface area contributed by atoms with E-state index >= 15 is 0 Å². The van der Waals surface area contributed by atoms with Crippen molar-refractivity contribution in [1.82, 2.24) is 0 Å². The quantitative estimate of drug-likeness (QED) is 0.315. The van der Waals surface area contributed by atoms with Crippen LogP contribution in [0.15, 0.2) is 103 Å². The van der Waals surface area contributed by atoms with Crippen LogP contribution in [0.5, 0.6) is 0 Å². The van der Waals surface area contributed by atoms with E-state index in [2.05, 4.69) is 145 Å². The van der Waals surface area contributed by atoms with Crippen LogP contribution in [0, 0.1) is 10.4 Å². The van der Waals surface area contributed by atoms with Crippen molar-refractivity contribution in [3.05, 3.63) is 157 Å². The van der Waals surface area contributed by atoms with Crippen LogP contribution in [0.4, 0.5) is 0 Å². The average Bonchev–Trinajstić information content (AvgIpc) is 3.56. The summed E-state index contributed by atoms with van der Waals surface area (Å²) >= 11 is 1.47. The van der Waals surface area contributed by atoms with Gasteiger partial charge in [0.05, 0.1) is 0 Å². The zero-order valence-corrected chi connectivity index (χ0v) is 29.2. The van der Waals surface area contributed by atoms with Crippen LogP contribution in [-0.4, -0.2) is 0 Å². The summed E-state index contributed by atoms with van der Waals surface area (Å²) in [6.07, 6.45) is 7.88. The van der Waals surface area contributed by atoms with Gasteiger partial charge in [0.2, 0.25) is 0 Å². The number of allylic oxidation sites excluding steroid dienone is 4. The molecule has 0 bridgehead atoms. The minimum Gasteiger partial charge on any atom is -1.00 e. The molecule has 2 aliphatic rings. The molecule has 4 aromatic carbocycles. The van der Waals surface area contributed by atoms with E-state index in [9.17, 15) is 0 Å². The van der Waals surface area contributed by atoms with Crippen molar-refractivity contribution in [1.29, 1.82) is 0 Å². The number of hydrogen-bond acceptors (Lipinski definition) is 0. The molecule has 0 saturated carbocycles. The molecule has 0 nitrogen and oxygen atoms in total. The maximum absolute atomic E-state index is 2.55. The normalized spacial score (nSPS) is 13.6. The van der Waals surface area contributed by atoms with Gasteiger partial charge in [-0.1, -0.05) is 0 Å². The Hall–Kier alpha value is -2.44. The van der Waals surface area contributed by atoms with Gasteiger partial charge in [-0.05, 0) is 0 Å². The second-order valence-electron chi connectivity index (χ2n) is 13.1. The van der Waals surface area contributed by atoms with Crippen LogP contribution in [0.25, 0.3) is 14.4 Å². The molecule has 3 heteroatoms. The van der Waals surface area contributed by atoms with Crippen LogP contribution in [-0.2, 0) is 35.5 Å². The van der Waals surface area contributed by atoms with Crippen LogP contribution < -0.4 is 35.3 Å². The average molecular weight is 668 g/mol. The summed E-state index contributed by atoms with van der Waals surface area (Å²) in [6.45, 7) is 14.2. The molecule has 0 spiro atoms. The van der Waals surface area contributed by atoms with E-state index in [0.29, 0.717) is 0 Å². The summed E-state index contributed by atoms with van der Waals surface area (Å²) in [5.41, 5.74) is 11.0. The Morgan fingerprint density at radius 2 is 1.21 bits per heavy atom. The van der Waals surface area contributed by atoms with Crippen molar-refractivity contribution in [2.75, 3.05) is 0 Å². The molecule has 4 aromatic rings.